The average molecular weight is 409 g/mol. The molecule has 3 aromatic carbocycles. The molecule has 0 saturated carbocycles. The van der Waals surface area contributed by atoms with Crippen LogP contribution < -0.4 is 0 Å². The zero-order valence-electron chi connectivity index (χ0n) is 15.2. The molecule has 2 aromatic heterocycles. The molecule has 0 aliphatic heterocycles. The second-order valence-corrected chi connectivity index (χ2v) is 10.0. The topological polar surface area (TPSA) is 62.5 Å². The second kappa shape index (κ2) is 6.71. The Morgan fingerprint density at radius 1 is 0.821 bits per heavy atom. The van der Waals surface area contributed by atoms with Crippen molar-refractivity contribution in [2.45, 2.75) is 19.4 Å². The van der Waals surface area contributed by atoms with Crippen LogP contribution in [0.25, 0.3) is 42.0 Å². The molecule has 0 spiro atoms. The number of hydrogen-bond donors (Lipinski definition) is 2. The van der Waals surface area contributed by atoms with Gasteiger partial charge in [0.05, 0.1) is 5.52 Å². The van der Waals surface area contributed by atoms with Crippen LogP contribution in [0.5, 0.6) is 0 Å². The van der Waals surface area contributed by atoms with Gasteiger partial charge in [0.1, 0.15) is 0 Å². The Morgan fingerprint density at radius 3 is 2.39 bits per heavy atom. The molecule has 0 unspecified atom stereocenters. The van der Waals surface area contributed by atoms with Gasteiger partial charge in [-0.2, -0.15) is 0 Å². The van der Waals surface area contributed by atoms with Crippen molar-refractivity contribution >= 4 is 60.9 Å². The van der Waals surface area contributed by atoms with Crippen LogP contribution in [0.3, 0.4) is 0 Å². The number of aromatic nitrogens is 1. The summed E-state index contributed by atoms with van der Waals surface area (Å²) >= 11 is 1.83. The summed E-state index contributed by atoms with van der Waals surface area (Å²) < 4.78 is 16.0. The molecule has 0 radical (unpaired) electrons. The fraction of sp³-hybridized carbons (Fsp3) is 0.182. The summed E-state index contributed by atoms with van der Waals surface area (Å²) in [6.07, 6.45) is 1.21. The van der Waals surface area contributed by atoms with Crippen LogP contribution in [-0.2, 0) is 11.1 Å². The Kier molecular flexibility index (Phi) is 4.29. The summed E-state index contributed by atoms with van der Waals surface area (Å²) in [5.41, 5.74) is 2.37. The maximum Gasteiger partial charge on any atom is 0.325 e. The van der Waals surface area contributed by atoms with Gasteiger partial charge in [0.2, 0.25) is 0 Å². The molecule has 0 atom stereocenters. The molecule has 0 bridgehead atoms. The maximum absolute atomic E-state index is 11.1. The molecule has 0 aliphatic rings. The van der Waals surface area contributed by atoms with E-state index < -0.39 is 7.60 Å². The van der Waals surface area contributed by atoms with Crippen LogP contribution in [-0.4, -0.2) is 20.5 Å². The van der Waals surface area contributed by atoms with Crippen molar-refractivity contribution in [3.8, 4) is 0 Å². The third-order valence-corrected chi connectivity index (χ3v) is 7.46. The Bertz CT molecular complexity index is 1380. The molecule has 0 fully saturated rings. The number of nitrogens with zero attached hydrogens (tertiary/aromatic N) is 1. The molecule has 142 valence electrons. The van der Waals surface area contributed by atoms with E-state index in [9.17, 15) is 4.57 Å². The number of aryl methyl sites for hydroxylation is 1. The number of hydrogen-bond acceptors (Lipinski definition) is 2. The van der Waals surface area contributed by atoms with Crippen LogP contribution >= 0.6 is 18.9 Å². The first-order valence-electron chi connectivity index (χ1n) is 9.39. The van der Waals surface area contributed by atoms with Gasteiger partial charge in [-0.1, -0.05) is 42.5 Å². The molecule has 2 heterocycles. The molecule has 4 nitrogen and oxygen atoms in total. The van der Waals surface area contributed by atoms with Crippen LogP contribution in [0.4, 0.5) is 0 Å². The Labute approximate surface area is 166 Å². The SMILES string of the molecule is O=P(O)(O)CCCCn1c2ccccc2c2c3sc4ccccc4c3ccc21. The van der Waals surface area contributed by atoms with Gasteiger partial charge in [-0.15, -0.1) is 11.3 Å². The number of para-hydroxylation sites is 1. The highest BCUT2D eigenvalue weighted by Gasteiger charge is 2.16. The van der Waals surface area contributed by atoms with Crippen LogP contribution in [0.1, 0.15) is 12.8 Å². The zero-order chi connectivity index (χ0) is 19.3. The van der Waals surface area contributed by atoms with E-state index >= 15 is 0 Å². The molecule has 0 aliphatic carbocycles. The molecule has 28 heavy (non-hydrogen) atoms. The van der Waals surface area contributed by atoms with Gasteiger partial charge in [-0.25, -0.2) is 0 Å². The lowest BCUT2D eigenvalue weighted by Gasteiger charge is -2.08. The molecule has 5 aromatic rings. The molecular weight excluding hydrogens is 389 g/mol. The van der Waals surface area contributed by atoms with Crippen molar-refractivity contribution in [2.24, 2.45) is 0 Å². The summed E-state index contributed by atoms with van der Waals surface area (Å²) in [6.45, 7) is 0.750. The van der Waals surface area contributed by atoms with Gasteiger partial charge in [0, 0.05) is 49.2 Å². The van der Waals surface area contributed by atoms with E-state index in [4.69, 9.17) is 9.79 Å². The predicted molar refractivity (Wildman–Crippen MR) is 118 cm³/mol. The van der Waals surface area contributed by atoms with Crippen molar-refractivity contribution in [2.75, 3.05) is 6.16 Å². The minimum absolute atomic E-state index is 0.0509. The first kappa shape index (κ1) is 17.9. The van der Waals surface area contributed by atoms with E-state index in [-0.39, 0.29) is 6.16 Å². The van der Waals surface area contributed by atoms with Crippen LogP contribution in [0, 0.1) is 0 Å². The van der Waals surface area contributed by atoms with E-state index in [1.807, 2.05) is 11.3 Å². The summed E-state index contributed by atoms with van der Waals surface area (Å²) in [4.78, 5) is 18.2. The van der Waals surface area contributed by atoms with Crippen LogP contribution in [0.15, 0.2) is 60.7 Å². The van der Waals surface area contributed by atoms with Gasteiger partial charge >= 0.3 is 7.60 Å². The largest absolute Gasteiger partial charge is 0.340 e. The number of rotatable bonds is 5. The summed E-state index contributed by atoms with van der Waals surface area (Å²) in [5, 5.41) is 5.11. The van der Waals surface area contributed by atoms with E-state index in [2.05, 4.69) is 65.2 Å². The van der Waals surface area contributed by atoms with E-state index in [1.165, 1.54) is 42.0 Å². The second-order valence-electron chi connectivity index (χ2n) is 7.20. The average Bonchev–Trinajstić information content (AvgIpc) is 3.20. The molecule has 0 saturated heterocycles. The highest BCUT2D eigenvalue weighted by atomic mass is 32.1. The molecule has 6 heteroatoms. The van der Waals surface area contributed by atoms with E-state index in [1.54, 1.807) is 0 Å². The van der Waals surface area contributed by atoms with Gasteiger partial charge in [-0.3, -0.25) is 4.57 Å². The Balaban J connectivity index is 1.69. The zero-order valence-corrected chi connectivity index (χ0v) is 16.9. The summed E-state index contributed by atoms with van der Waals surface area (Å²) in [5.74, 6) is 0. The van der Waals surface area contributed by atoms with Gasteiger partial charge in [0.15, 0.2) is 0 Å². The van der Waals surface area contributed by atoms with Gasteiger partial charge in [-0.05, 0) is 31.0 Å². The number of benzene rings is 3. The minimum atomic E-state index is -3.93. The van der Waals surface area contributed by atoms with Crippen molar-refractivity contribution in [1.29, 1.82) is 0 Å². The van der Waals surface area contributed by atoms with Crippen LogP contribution in [0.2, 0.25) is 0 Å². The van der Waals surface area contributed by atoms with E-state index in [0.29, 0.717) is 6.42 Å². The lowest BCUT2D eigenvalue weighted by molar-refractivity contribution is 0.370. The third kappa shape index (κ3) is 2.96. The predicted octanol–water partition coefficient (Wildman–Crippen LogP) is 6.12. The van der Waals surface area contributed by atoms with Crippen molar-refractivity contribution in [1.82, 2.24) is 4.57 Å². The standard InChI is InChI=1S/C22H20NO3PS/c24-27(25,26)14-6-5-13-23-18-9-3-1-8-17(18)21-19(23)12-11-16-15-7-2-4-10-20(15)28-22(16)21/h1-4,7-12H,5-6,13-14H2,(H2,24,25,26). The van der Waals surface area contributed by atoms with Crippen molar-refractivity contribution < 1.29 is 14.4 Å². The number of thiophene rings is 1. The fourth-order valence-electron chi connectivity index (χ4n) is 4.14. The number of fused-ring (bicyclic) bond motifs is 7. The minimum Gasteiger partial charge on any atom is -0.340 e. The first-order valence-corrected chi connectivity index (χ1v) is 12.0. The smallest absolute Gasteiger partial charge is 0.325 e. The lowest BCUT2D eigenvalue weighted by atomic mass is 10.1. The number of unbranched alkanes of at least 4 members (excludes halogenated alkanes) is 1. The normalized spacial score (nSPS) is 12.6. The molecule has 5 rings (SSSR count). The highest BCUT2D eigenvalue weighted by Crippen LogP contribution is 2.42. The molecular formula is C22H20NO3PS. The third-order valence-electron chi connectivity index (χ3n) is 5.36. The molecule has 0 amide bonds. The fourth-order valence-corrected chi connectivity index (χ4v) is 6.04. The summed E-state index contributed by atoms with van der Waals surface area (Å²) in [7, 11) is -3.93. The van der Waals surface area contributed by atoms with Gasteiger partial charge < -0.3 is 14.4 Å². The van der Waals surface area contributed by atoms with E-state index in [0.717, 1.165) is 13.0 Å². The monoisotopic (exact) mass is 409 g/mol. The maximum atomic E-state index is 11.1. The quantitative estimate of drug-likeness (QED) is 0.271. The molecule has 2 N–H and O–H groups in total. The Hall–Kier alpha value is -2.17. The Morgan fingerprint density at radius 2 is 1.57 bits per heavy atom. The van der Waals surface area contributed by atoms with Crippen molar-refractivity contribution in [3.63, 3.8) is 0 Å². The van der Waals surface area contributed by atoms with Crippen molar-refractivity contribution in [3.05, 3.63) is 60.7 Å². The highest BCUT2D eigenvalue weighted by molar-refractivity contribution is 7.51. The first-order chi connectivity index (χ1) is 13.5. The summed E-state index contributed by atoms with van der Waals surface area (Å²) in [6, 6.07) is 21.4. The van der Waals surface area contributed by atoms with Gasteiger partial charge in [0.25, 0.3) is 0 Å². The lowest BCUT2D eigenvalue weighted by Crippen LogP contribution is -1.99.